The van der Waals surface area contributed by atoms with E-state index in [1.54, 1.807) is 31.4 Å². The first-order valence-corrected chi connectivity index (χ1v) is 9.76. The summed E-state index contributed by atoms with van der Waals surface area (Å²) in [4.78, 5) is 0. The van der Waals surface area contributed by atoms with Crippen LogP contribution in [0, 0.1) is 0 Å². The van der Waals surface area contributed by atoms with Crippen molar-refractivity contribution in [2.24, 2.45) is 5.10 Å². The molecule has 3 rings (SSSR count). The Morgan fingerprint density at radius 2 is 1.81 bits per heavy atom. The van der Waals surface area contributed by atoms with Gasteiger partial charge >= 0.3 is 0 Å². The number of sulfonamides is 1. The van der Waals surface area contributed by atoms with Crippen LogP contribution in [0.5, 0.6) is 17.2 Å². The fraction of sp³-hybridized carbons (Fsp3) is 0.278. The van der Waals surface area contributed by atoms with E-state index < -0.39 is 16.1 Å². The predicted molar refractivity (Wildman–Crippen MR) is 98.2 cm³/mol. The van der Waals surface area contributed by atoms with Gasteiger partial charge in [-0.1, -0.05) is 12.1 Å². The molecular formula is C18H20N2O5S. The summed E-state index contributed by atoms with van der Waals surface area (Å²) in [6.45, 7) is 0. The second-order valence-electron chi connectivity index (χ2n) is 5.96. The van der Waals surface area contributed by atoms with Crippen molar-refractivity contribution in [3.8, 4) is 17.2 Å². The molecule has 1 aliphatic rings. The van der Waals surface area contributed by atoms with Crippen LogP contribution in [0.3, 0.4) is 0 Å². The molecule has 0 radical (unpaired) electrons. The number of ether oxygens (including phenoxy) is 2. The summed E-state index contributed by atoms with van der Waals surface area (Å²) in [6.07, 6.45) is 1.54. The van der Waals surface area contributed by atoms with E-state index in [0.29, 0.717) is 29.2 Å². The molecule has 1 atom stereocenters. The standard InChI is InChI=1S/C18H20N2O5S/c1-24-14-7-4-12(5-8-14)16-11-15(19-20(16)26(3,22)23)13-6-9-17(21)18(10-13)25-2/h4-10,16,21H,11H2,1-3H3/t16-/m0/s1. The topological polar surface area (TPSA) is 88.4 Å². The van der Waals surface area contributed by atoms with Gasteiger partial charge in [0.2, 0.25) is 10.0 Å². The summed E-state index contributed by atoms with van der Waals surface area (Å²) < 4.78 is 35.9. The van der Waals surface area contributed by atoms with Crippen LogP contribution >= 0.6 is 0 Å². The molecule has 1 N–H and O–H groups in total. The lowest BCUT2D eigenvalue weighted by Crippen LogP contribution is -2.25. The van der Waals surface area contributed by atoms with Crippen LogP contribution in [0.4, 0.5) is 0 Å². The molecule has 1 aliphatic heterocycles. The zero-order valence-corrected chi connectivity index (χ0v) is 15.5. The smallest absolute Gasteiger partial charge is 0.247 e. The highest BCUT2D eigenvalue weighted by atomic mass is 32.2. The maximum absolute atomic E-state index is 12.2. The molecule has 0 saturated carbocycles. The van der Waals surface area contributed by atoms with Gasteiger partial charge in [0.1, 0.15) is 5.75 Å². The van der Waals surface area contributed by atoms with Crippen LogP contribution < -0.4 is 9.47 Å². The van der Waals surface area contributed by atoms with E-state index in [1.807, 2.05) is 12.1 Å². The molecule has 0 amide bonds. The van der Waals surface area contributed by atoms with Gasteiger partial charge in [-0.15, -0.1) is 0 Å². The first-order valence-electron chi connectivity index (χ1n) is 7.91. The number of benzene rings is 2. The largest absolute Gasteiger partial charge is 0.504 e. The zero-order valence-electron chi connectivity index (χ0n) is 14.7. The summed E-state index contributed by atoms with van der Waals surface area (Å²) >= 11 is 0. The van der Waals surface area contributed by atoms with Crippen molar-refractivity contribution in [3.05, 3.63) is 53.6 Å². The molecule has 0 aromatic heterocycles. The molecule has 0 saturated heterocycles. The van der Waals surface area contributed by atoms with Crippen LogP contribution in [-0.4, -0.2) is 44.1 Å². The minimum Gasteiger partial charge on any atom is -0.504 e. The van der Waals surface area contributed by atoms with Gasteiger partial charge in [0, 0.05) is 12.0 Å². The number of hydrogen-bond acceptors (Lipinski definition) is 6. The number of rotatable bonds is 5. The third-order valence-electron chi connectivity index (χ3n) is 4.23. The van der Waals surface area contributed by atoms with Crippen molar-refractivity contribution >= 4 is 15.7 Å². The summed E-state index contributed by atoms with van der Waals surface area (Å²) in [6, 6.07) is 11.6. The lowest BCUT2D eigenvalue weighted by atomic mass is 9.99. The van der Waals surface area contributed by atoms with Crippen LogP contribution in [0.15, 0.2) is 47.6 Å². The number of hydrazone groups is 1. The van der Waals surface area contributed by atoms with Gasteiger partial charge in [-0.05, 0) is 35.9 Å². The van der Waals surface area contributed by atoms with Gasteiger partial charge in [0.25, 0.3) is 0 Å². The lowest BCUT2D eigenvalue weighted by Gasteiger charge is -2.21. The third-order valence-corrected chi connectivity index (χ3v) is 5.24. The molecule has 7 nitrogen and oxygen atoms in total. The Morgan fingerprint density at radius 3 is 2.38 bits per heavy atom. The van der Waals surface area contributed by atoms with E-state index in [0.717, 1.165) is 16.2 Å². The maximum atomic E-state index is 12.2. The van der Waals surface area contributed by atoms with E-state index in [9.17, 15) is 13.5 Å². The van der Waals surface area contributed by atoms with Crippen LogP contribution in [-0.2, 0) is 10.0 Å². The molecule has 0 unspecified atom stereocenters. The average Bonchev–Trinajstić information content (AvgIpc) is 3.08. The van der Waals surface area contributed by atoms with Crippen molar-refractivity contribution in [2.45, 2.75) is 12.5 Å². The van der Waals surface area contributed by atoms with E-state index in [1.165, 1.54) is 13.2 Å². The summed E-state index contributed by atoms with van der Waals surface area (Å²) in [5.41, 5.74) is 2.12. The van der Waals surface area contributed by atoms with Gasteiger partial charge in [-0.2, -0.15) is 9.52 Å². The van der Waals surface area contributed by atoms with Crippen LogP contribution in [0.1, 0.15) is 23.6 Å². The lowest BCUT2D eigenvalue weighted by molar-refractivity contribution is 0.373. The van der Waals surface area contributed by atoms with Gasteiger partial charge < -0.3 is 14.6 Å². The molecule has 1 heterocycles. The molecule has 8 heteroatoms. The number of aromatic hydroxyl groups is 1. The van der Waals surface area contributed by atoms with Gasteiger partial charge in [0.15, 0.2) is 11.5 Å². The Labute approximate surface area is 152 Å². The molecular weight excluding hydrogens is 356 g/mol. The third kappa shape index (κ3) is 3.45. The van der Waals surface area contributed by atoms with Gasteiger partial charge in [-0.3, -0.25) is 0 Å². The van der Waals surface area contributed by atoms with E-state index in [2.05, 4.69) is 5.10 Å². The zero-order chi connectivity index (χ0) is 18.9. The molecule has 0 bridgehead atoms. The average molecular weight is 376 g/mol. The predicted octanol–water partition coefficient (Wildman–Crippen LogP) is 2.52. The quantitative estimate of drug-likeness (QED) is 0.866. The van der Waals surface area contributed by atoms with Crippen molar-refractivity contribution in [1.29, 1.82) is 0 Å². The fourth-order valence-electron chi connectivity index (χ4n) is 2.90. The van der Waals surface area contributed by atoms with E-state index >= 15 is 0 Å². The Balaban J connectivity index is 1.99. The first kappa shape index (κ1) is 18.1. The van der Waals surface area contributed by atoms with Crippen molar-refractivity contribution in [3.63, 3.8) is 0 Å². The van der Waals surface area contributed by atoms with E-state index in [4.69, 9.17) is 9.47 Å². The first-order chi connectivity index (χ1) is 12.3. The highest BCUT2D eigenvalue weighted by Crippen LogP contribution is 2.36. The number of phenols is 1. The Morgan fingerprint density at radius 1 is 1.12 bits per heavy atom. The van der Waals surface area contributed by atoms with Crippen LogP contribution in [0.2, 0.25) is 0 Å². The SMILES string of the molecule is COc1ccc([C@@H]2CC(c3ccc(O)c(OC)c3)=NN2S(C)(=O)=O)cc1. The number of phenolic OH excluding ortho intramolecular Hbond substituents is 1. The van der Waals surface area contributed by atoms with Crippen molar-refractivity contribution < 1.29 is 23.0 Å². The van der Waals surface area contributed by atoms with Crippen LogP contribution in [0.25, 0.3) is 0 Å². The summed E-state index contributed by atoms with van der Waals surface area (Å²) in [5.74, 6) is 1.02. The highest BCUT2D eigenvalue weighted by Gasteiger charge is 2.34. The number of nitrogens with zero attached hydrogens (tertiary/aromatic N) is 2. The highest BCUT2D eigenvalue weighted by molar-refractivity contribution is 7.88. The molecule has 0 fully saturated rings. The van der Waals surface area contributed by atoms with Gasteiger partial charge in [0.05, 0.1) is 32.2 Å². The van der Waals surface area contributed by atoms with E-state index in [-0.39, 0.29) is 5.75 Å². The van der Waals surface area contributed by atoms with Crippen molar-refractivity contribution in [2.75, 3.05) is 20.5 Å². The Hall–Kier alpha value is -2.74. The molecule has 2 aromatic rings. The molecule has 0 spiro atoms. The fourth-order valence-corrected chi connectivity index (χ4v) is 3.81. The normalized spacial score (nSPS) is 17.1. The summed E-state index contributed by atoms with van der Waals surface area (Å²) in [5, 5.41) is 14.1. The molecule has 26 heavy (non-hydrogen) atoms. The second-order valence-corrected chi connectivity index (χ2v) is 7.80. The minimum absolute atomic E-state index is 0.0153. The van der Waals surface area contributed by atoms with Gasteiger partial charge in [-0.25, -0.2) is 8.42 Å². The monoisotopic (exact) mass is 376 g/mol. The summed E-state index contributed by atoms with van der Waals surface area (Å²) in [7, 11) is -0.514. The molecule has 138 valence electrons. The Bertz CT molecular complexity index is 939. The maximum Gasteiger partial charge on any atom is 0.247 e. The molecule has 0 aliphatic carbocycles. The number of methoxy groups -OCH3 is 2. The minimum atomic E-state index is -3.55. The molecule has 2 aromatic carbocycles. The Kier molecular flexibility index (Phi) is 4.78. The van der Waals surface area contributed by atoms with Crippen molar-refractivity contribution in [1.82, 2.24) is 4.41 Å². The second kappa shape index (κ2) is 6.87. The number of hydrogen-bond donors (Lipinski definition) is 1.